The molecule has 0 fully saturated rings. The highest BCUT2D eigenvalue weighted by Gasteiger charge is 2.22. The minimum atomic E-state index is -0.425. The van der Waals surface area contributed by atoms with Gasteiger partial charge in [0.05, 0.1) is 6.61 Å². The van der Waals surface area contributed by atoms with E-state index in [1.54, 1.807) is 11.3 Å². The molecule has 0 aliphatic rings. The van der Waals surface area contributed by atoms with Crippen molar-refractivity contribution in [2.75, 3.05) is 6.61 Å². The summed E-state index contributed by atoms with van der Waals surface area (Å²) in [6, 6.07) is 9.82. The van der Waals surface area contributed by atoms with Crippen LogP contribution in [-0.2, 0) is 16.1 Å². The maximum atomic E-state index is 12.2. The van der Waals surface area contributed by atoms with E-state index in [4.69, 9.17) is 4.74 Å². The summed E-state index contributed by atoms with van der Waals surface area (Å²) in [5, 5.41) is 5.35. The quantitative estimate of drug-likeness (QED) is 0.826. The maximum absolute atomic E-state index is 12.2. The zero-order valence-corrected chi connectivity index (χ0v) is 13.5. The van der Waals surface area contributed by atoms with E-state index in [0.29, 0.717) is 13.2 Å². The van der Waals surface area contributed by atoms with E-state index in [0.717, 1.165) is 16.7 Å². The number of aryl methyl sites for hydroxylation is 2. The van der Waals surface area contributed by atoms with Gasteiger partial charge in [-0.15, -0.1) is 11.3 Å². The fraction of sp³-hybridized carbons (Fsp3) is 0.353. The van der Waals surface area contributed by atoms with Crippen LogP contribution in [0.5, 0.6) is 0 Å². The topological polar surface area (TPSA) is 38.3 Å². The Morgan fingerprint density at radius 1 is 1.29 bits per heavy atom. The minimum absolute atomic E-state index is 0.223. The number of benzene rings is 1. The molecular weight excluding hydrogens is 282 g/mol. The number of nitrogens with one attached hydrogen (secondary N) is 1. The summed E-state index contributed by atoms with van der Waals surface area (Å²) in [4.78, 5) is 13.4. The van der Waals surface area contributed by atoms with Gasteiger partial charge in [-0.1, -0.05) is 35.4 Å². The first kappa shape index (κ1) is 15.7. The summed E-state index contributed by atoms with van der Waals surface area (Å²) in [5.41, 5.74) is 3.26. The molecule has 0 aliphatic carbocycles. The normalized spacial score (nSPS) is 12.1. The highest BCUT2D eigenvalue weighted by Crippen LogP contribution is 2.20. The van der Waals surface area contributed by atoms with Crippen molar-refractivity contribution in [3.8, 4) is 0 Å². The van der Waals surface area contributed by atoms with Gasteiger partial charge in [-0.05, 0) is 37.8 Å². The van der Waals surface area contributed by atoms with Crippen LogP contribution in [-0.4, -0.2) is 12.6 Å². The predicted molar refractivity (Wildman–Crippen MR) is 86.4 cm³/mol. The average Bonchev–Trinajstić information content (AvgIpc) is 2.91. The molecule has 1 unspecified atom stereocenters. The number of carbonyl (C=O) groups excluding carboxylic acids is 1. The summed E-state index contributed by atoms with van der Waals surface area (Å²) in [7, 11) is 0. The van der Waals surface area contributed by atoms with Crippen molar-refractivity contribution in [2.24, 2.45) is 0 Å². The second-order valence-electron chi connectivity index (χ2n) is 5.07. The number of hydrogen-bond donors (Lipinski definition) is 1. The van der Waals surface area contributed by atoms with E-state index < -0.39 is 6.04 Å². The zero-order chi connectivity index (χ0) is 15.2. The first-order valence-corrected chi connectivity index (χ1v) is 7.98. The first-order valence-electron chi connectivity index (χ1n) is 7.10. The summed E-state index contributed by atoms with van der Waals surface area (Å²) in [5.74, 6) is -0.223. The molecule has 0 bridgehead atoms. The van der Waals surface area contributed by atoms with E-state index in [1.165, 1.54) is 4.88 Å². The Morgan fingerprint density at radius 3 is 2.57 bits per heavy atom. The van der Waals surface area contributed by atoms with Gasteiger partial charge >= 0.3 is 5.97 Å². The molecule has 1 aromatic carbocycles. The average molecular weight is 303 g/mol. The molecule has 2 rings (SSSR count). The number of hydrogen-bond acceptors (Lipinski definition) is 4. The van der Waals surface area contributed by atoms with Crippen LogP contribution in [0.15, 0.2) is 35.7 Å². The fourth-order valence-electron chi connectivity index (χ4n) is 2.36. The third-order valence-corrected chi connectivity index (χ3v) is 4.04. The van der Waals surface area contributed by atoms with Crippen LogP contribution in [0.4, 0.5) is 0 Å². The highest BCUT2D eigenvalue weighted by atomic mass is 32.1. The molecule has 0 saturated carbocycles. The number of ether oxygens (including phenoxy) is 1. The monoisotopic (exact) mass is 303 g/mol. The van der Waals surface area contributed by atoms with E-state index in [1.807, 2.05) is 44.4 Å². The molecule has 3 nitrogen and oxygen atoms in total. The van der Waals surface area contributed by atoms with Crippen LogP contribution in [0.2, 0.25) is 0 Å². The van der Waals surface area contributed by atoms with E-state index >= 15 is 0 Å². The Morgan fingerprint density at radius 2 is 2.00 bits per heavy atom. The molecule has 112 valence electrons. The number of thiophene rings is 1. The summed E-state index contributed by atoms with van der Waals surface area (Å²) < 4.78 is 5.21. The Kier molecular flexibility index (Phi) is 5.53. The Hall–Kier alpha value is -1.65. The second kappa shape index (κ2) is 7.38. The molecule has 0 saturated heterocycles. The number of esters is 1. The van der Waals surface area contributed by atoms with E-state index in [-0.39, 0.29) is 5.97 Å². The van der Waals surface area contributed by atoms with Crippen LogP contribution in [0.3, 0.4) is 0 Å². The molecular formula is C17H21NO2S. The largest absolute Gasteiger partial charge is 0.465 e. The predicted octanol–water partition coefficient (Wildman–Crippen LogP) is 3.76. The second-order valence-corrected chi connectivity index (χ2v) is 6.10. The summed E-state index contributed by atoms with van der Waals surface area (Å²) in [6.07, 6.45) is 0. The molecule has 21 heavy (non-hydrogen) atoms. The van der Waals surface area contributed by atoms with Crippen LogP contribution >= 0.6 is 11.3 Å². The van der Waals surface area contributed by atoms with Crippen molar-refractivity contribution < 1.29 is 9.53 Å². The van der Waals surface area contributed by atoms with Gasteiger partial charge in [0.25, 0.3) is 0 Å². The van der Waals surface area contributed by atoms with E-state index in [2.05, 4.69) is 17.4 Å². The Balaban J connectivity index is 2.20. The smallest absolute Gasteiger partial charge is 0.327 e. The van der Waals surface area contributed by atoms with Crippen LogP contribution in [0.1, 0.15) is 34.5 Å². The molecule has 0 spiro atoms. The third kappa shape index (κ3) is 4.41. The molecule has 1 aromatic heterocycles. The maximum Gasteiger partial charge on any atom is 0.327 e. The van der Waals surface area contributed by atoms with Crippen molar-refractivity contribution in [3.63, 3.8) is 0 Å². The molecule has 1 N–H and O–H groups in total. The molecule has 1 atom stereocenters. The Bertz CT molecular complexity index is 573. The fourth-order valence-corrected chi connectivity index (χ4v) is 3.01. The molecule has 0 amide bonds. The van der Waals surface area contributed by atoms with Crippen molar-refractivity contribution in [3.05, 3.63) is 57.3 Å². The number of rotatable bonds is 6. The van der Waals surface area contributed by atoms with Crippen LogP contribution in [0.25, 0.3) is 0 Å². The summed E-state index contributed by atoms with van der Waals surface area (Å²) >= 11 is 1.68. The van der Waals surface area contributed by atoms with Gasteiger partial charge in [-0.25, -0.2) is 4.79 Å². The van der Waals surface area contributed by atoms with E-state index in [9.17, 15) is 4.79 Å². The van der Waals surface area contributed by atoms with Crippen molar-refractivity contribution in [1.29, 1.82) is 0 Å². The van der Waals surface area contributed by atoms with Gasteiger partial charge in [0, 0.05) is 11.4 Å². The Labute approximate surface area is 130 Å². The van der Waals surface area contributed by atoms with Gasteiger partial charge in [0.15, 0.2) is 0 Å². The molecule has 2 aromatic rings. The van der Waals surface area contributed by atoms with Gasteiger partial charge in [-0.2, -0.15) is 0 Å². The molecule has 1 heterocycles. The third-order valence-electron chi connectivity index (χ3n) is 3.16. The first-order chi connectivity index (χ1) is 10.1. The summed E-state index contributed by atoms with van der Waals surface area (Å²) in [6.45, 7) is 6.96. The lowest BCUT2D eigenvalue weighted by atomic mass is 10.0. The minimum Gasteiger partial charge on any atom is -0.465 e. The zero-order valence-electron chi connectivity index (χ0n) is 12.7. The SMILES string of the molecule is CCOC(=O)C(NCc1cccs1)c1cc(C)cc(C)c1. The van der Waals surface area contributed by atoms with Gasteiger partial charge < -0.3 is 4.74 Å². The van der Waals surface area contributed by atoms with Crippen molar-refractivity contribution in [1.82, 2.24) is 5.32 Å². The number of carbonyl (C=O) groups is 1. The van der Waals surface area contributed by atoms with Gasteiger partial charge in [-0.3, -0.25) is 5.32 Å². The molecule has 4 heteroatoms. The lowest BCUT2D eigenvalue weighted by Crippen LogP contribution is -2.30. The van der Waals surface area contributed by atoms with Crippen LogP contribution < -0.4 is 5.32 Å². The molecule has 0 radical (unpaired) electrons. The van der Waals surface area contributed by atoms with Crippen LogP contribution in [0, 0.1) is 13.8 Å². The van der Waals surface area contributed by atoms with Gasteiger partial charge in [0.2, 0.25) is 0 Å². The van der Waals surface area contributed by atoms with Crippen molar-refractivity contribution >= 4 is 17.3 Å². The standard InChI is InChI=1S/C17H21NO2S/c1-4-20-17(19)16(18-11-15-6-5-7-21-15)14-9-12(2)8-13(3)10-14/h5-10,16,18H,4,11H2,1-3H3. The lowest BCUT2D eigenvalue weighted by molar-refractivity contribution is -0.145. The lowest BCUT2D eigenvalue weighted by Gasteiger charge is -2.18. The molecule has 0 aliphatic heterocycles. The van der Waals surface area contributed by atoms with Gasteiger partial charge in [0.1, 0.15) is 6.04 Å². The van der Waals surface area contributed by atoms with Crippen molar-refractivity contribution in [2.45, 2.75) is 33.4 Å². The highest BCUT2D eigenvalue weighted by molar-refractivity contribution is 7.09.